The fraction of sp³-hybridized carbons (Fsp3) is 0.0769. The Balaban J connectivity index is 2.37. The van der Waals surface area contributed by atoms with Crippen molar-refractivity contribution in [3.8, 4) is 17.5 Å². The second-order valence-corrected chi connectivity index (χ2v) is 5.64. The summed E-state index contributed by atoms with van der Waals surface area (Å²) < 4.78 is 27.5. The molecule has 2 N–H and O–H groups in total. The average Bonchev–Trinajstić information content (AvgIpc) is 2.84. The highest BCUT2D eigenvalue weighted by Gasteiger charge is 2.13. The van der Waals surface area contributed by atoms with Crippen LogP contribution in [0, 0.1) is 18.3 Å². The van der Waals surface area contributed by atoms with Gasteiger partial charge in [-0.2, -0.15) is 5.26 Å². The van der Waals surface area contributed by atoms with E-state index in [1.807, 2.05) is 31.2 Å². The Morgan fingerprint density at radius 1 is 1.40 bits per heavy atom. The van der Waals surface area contributed by atoms with Gasteiger partial charge in [-0.3, -0.25) is 0 Å². The van der Waals surface area contributed by atoms with Crippen molar-refractivity contribution < 1.29 is 12.8 Å². The molecule has 20 heavy (non-hydrogen) atoms. The second kappa shape index (κ2) is 5.28. The van der Waals surface area contributed by atoms with Crippen LogP contribution in [0.3, 0.4) is 0 Å². The van der Waals surface area contributed by atoms with Gasteiger partial charge in [0, 0.05) is 5.56 Å². The standard InChI is InChI=1S/C13H11N3O3S/c1-9-2-4-10(5-3-9)13-16-11(8-19-13)6-12(7-14)20(15,17)18/h2-6,8H,1H3,(H2,15,17,18)/b12-6-. The Kier molecular flexibility index (Phi) is 3.70. The summed E-state index contributed by atoms with van der Waals surface area (Å²) in [6.07, 6.45) is 2.33. The highest BCUT2D eigenvalue weighted by atomic mass is 32.2. The summed E-state index contributed by atoms with van der Waals surface area (Å²) in [7, 11) is -4.06. The second-order valence-electron chi connectivity index (χ2n) is 4.11. The van der Waals surface area contributed by atoms with E-state index >= 15 is 0 Å². The van der Waals surface area contributed by atoms with E-state index in [0.29, 0.717) is 5.89 Å². The Hall–Kier alpha value is -2.43. The van der Waals surface area contributed by atoms with Crippen molar-refractivity contribution in [1.29, 1.82) is 5.26 Å². The first kappa shape index (κ1) is 14.0. The van der Waals surface area contributed by atoms with E-state index < -0.39 is 14.9 Å². The maximum atomic E-state index is 11.1. The molecule has 0 saturated heterocycles. The monoisotopic (exact) mass is 289 g/mol. The van der Waals surface area contributed by atoms with E-state index in [2.05, 4.69) is 4.98 Å². The molecule has 0 aliphatic carbocycles. The number of rotatable bonds is 3. The van der Waals surface area contributed by atoms with Gasteiger partial charge in [0.25, 0.3) is 0 Å². The number of aromatic nitrogens is 1. The number of sulfonamides is 1. The van der Waals surface area contributed by atoms with Gasteiger partial charge in [0.1, 0.15) is 18.0 Å². The van der Waals surface area contributed by atoms with Crippen LogP contribution < -0.4 is 5.14 Å². The molecule has 0 saturated carbocycles. The number of nitrogens with two attached hydrogens (primary N) is 1. The van der Waals surface area contributed by atoms with Gasteiger partial charge >= 0.3 is 0 Å². The van der Waals surface area contributed by atoms with E-state index in [-0.39, 0.29) is 5.69 Å². The third kappa shape index (κ3) is 3.12. The summed E-state index contributed by atoms with van der Waals surface area (Å²) in [5.74, 6) is 0.336. The Bertz CT molecular complexity index is 796. The van der Waals surface area contributed by atoms with Crippen LogP contribution in [0.4, 0.5) is 0 Å². The summed E-state index contributed by atoms with van der Waals surface area (Å²) in [6, 6.07) is 8.98. The van der Waals surface area contributed by atoms with Crippen LogP contribution in [0.25, 0.3) is 17.5 Å². The van der Waals surface area contributed by atoms with Crippen molar-refractivity contribution in [1.82, 2.24) is 4.98 Å². The van der Waals surface area contributed by atoms with Crippen LogP contribution in [-0.4, -0.2) is 13.4 Å². The number of hydrogen-bond donors (Lipinski definition) is 1. The van der Waals surface area contributed by atoms with Gasteiger partial charge in [0.15, 0.2) is 4.91 Å². The zero-order valence-electron chi connectivity index (χ0n) is 10.6. The lowest BCUT2D eigenvalue weighted by atomic mass is 10.1. The van der Waals surface area contributed by atoms with Crippen molar-refractivity contribution in [3.05, 3.63) is 46.7 Å². The molecule has 2 aromatic rings. The fourth-order valence-electron chi connectivity index (χ4n) is 1.49. The lowest BCUT2D eigenvalue weighted by Gasteiger charge is -1.95. The molecule has 0 amide bonds. The maximum absolute atomic E-state index is 11.1. The van der Waals surface area contributed by atoms with Gasteiger partial charge in [-0.15, -0.1) is 0 Å². The van der Waals surface area contributed by atoms with Crippen molar-refractivity contribution in [2.24, 2.45) is 5.14 Å². The minimum Gasteiger partial charge on any atom is -0.444 e. The molecule has 1 aromatic carbocycles. The Morgan fingerprint density at radius 2 is 2.05 bits per heavy atom. The zero-order chi connectivity index (χ0) is 14.8. The van der Waals surface area contributed by atoms with Gasteiger partial charge in [-0.1, -0.05) is 17.7 Å². The molecule has 6 nitrogen and oxygen atoms in total. The number of nitriles is 1. The lowest BCUT2D eigenvalue weighted by Crippen LogP contribution is -2.13. The minimum absolute atomic E-state index is 0.214. The molecule has 2 rings (SSSR count). The molecule has 0 radical (unpaired) electrons. The van der Waals surface area contributed by atoms with Crippen LogP contribution in [0.15, 0.2) is 39.9 Å². The molecule has 1 aromatic heterocycles. The van der Waals surface area contributed by atoms with Crippen molar-refractivity contribution in [3.63, 3.8) is 0 Å². The smallest absolute Gasteiger partial charge is 0.248 e. The summed E-state index contributed by atoms with van der Waals surface area (Å²) in [5, 5.41) is 13.6. The first-order valence-electron chi connectivity index (χ1n) is 5.57. The van der Waals surface area contributed by atoms with Gasteiger partial charge in [-0.25, -0.2) is 18.5 Å². The van der Waals surface area contributed by atoms with E-state index in [1.54, 1.807) is 0 Å². The number of allylic oxidation sites excluding steroid dienone is 1. The van der Waals surface area contributed by atoms with Crippen LogP contribution in [0.5, 0.6) is 0 Å². The molecule has 0 aliphatic heterocycles. The topological polar surface area (TPSA) is 110 Å². The molecule has 7 heteroatoms. The molecular weight excluding hydrogens is 278 g/mol. The van der Waals surface area contributed by atoms with E-state index in [1.165, 1.54) is 12.3 Å². The molecule has 1 heterocycles. The number of benzene rings is 1. The highest BCUT2D eigenvalue weighted by molar-refractivity contribution is 7.93. The van der Waals surface area contributed by atoms with Crippen LogP contribution >= 0.6 is 0 Å². The molecule has 102 valence electrons. The number of aryl methyl sites for hydroxylation is 1. The Labute approximate surface area is 116 Å². The number of primary sulfonamides is 1. The highest BCUT2D eigenvalue weighted by Crippen LogP contribution is 2.20. The van der Waals surface area contributed by atoms with Crippen molar-refractivity contribution in [2.75, 3.05) is 0 Å². The molecule has 0 spiro atoms. The molecule has 0 aliphatic rings. The van der Waals surface area contributed by atoms with E-state index in [9.17, 15) is 8.42 Å². The number of hydrogen-bond acceptors (Lipinski definition) is 5. The average molecular weight is 289 g/mol. The molecule has 0 atom stereocenters. The number of oxazole rings is 1. The van der Waals surface area contributed by atoms with Crippen molar-refractivity contribution >= 4 is 16.1 Å². The van der Waals surface area contributed by atoms with Gasteiger partial charge in [0.2, 0.25) is 15.9 Å². The summed E-state index contributed by atoms with van der Waals surface area (Å²) >= 11 is 0. The van der Waals surface area contributed by atoms with E-state index in [0.717, 1.165) is 17.2 Å². The summed E-state index contributed by atoms with van der Waals surface area (Å²) in [4.78, 5) is 3.53. The first-order valence-corrected chi connectivity index (χ1v) is 7.12. The summed E-state index contributed by atoms with van der Waals surface area (Å²) in [6.45, 7) is 1.96. The van der Waals surface area contributed by atoms with Gasteiger partial charge in [-0.05, 0) is 25.1 Å². The zero-order valence-corrected chi connectivity index (χ0v) is 11.4. The van der Waals surface area contributed by atoms with Crippen LogP contribution in [-0.2, 0) is 10.0 Å². The predicted octanol–water partition coefficient (Wildman–Crippen LogP) is 1.80. The largest absolute Gasteiger partial charge is 0.444 e. The molecule has 0 fully saturated rings. The normalized spacial score (nSPS) is 12.2. The summed E-state index contributed by atoms with van der Waals surface area (Å²) in [5.41, 5.74) is 2.07. The van der Waals surface area contributed by atoms with Crippen molar-refractivity contribution in [2.45, 2.75) is 6.92 Å². The SMILES string of the molecule is Cc1ccc(-c2nc(/C=C(/C#N)S(N)(=O)=O)co2)cc1. The lowest BCUT2D eigenvalue weighted by molar-refractivity contribution is 0.574. The quantitative estimate of drug-likeness (QED) is 0.866. The predicted molar refractivity (Wildman–Crippen MR) is 73.4 cm³/mol. The Morgan fingerprint density at radius 3 is 2.60 bits per heavy atom. The molecule has 0 unspecified atom stereocenters. The first-order chi connectivity index (χ1) is 9.40. The molecular formula is C13H11N3O3S. The van der Waals surface area contributed by atoms with E-state index in [4.69, 9.17) is 14.8 Å². The van der Waals surface area contributed by atoms with Gasteiger partial charge in [0.05, 0.1) is 0 Å². The third-order valence-electron chi connectivity index (χ3n) is 2.52. The fourth-order valence-corrected chi connectivity index (χ4v) is 1.91. The minimum atomic E-state index is -4.06. The molecule has 0 bridgehead atoms. The van der Waals surface area contributed by atoms with Crippen LogP contribution in [0.1, 0.15) is 11.3 Å². The van der Waals surface area contributed by atoms with Gasteiger partial charge < -0.3 is 4.42 Å². The van der Waals surface area contributed by atoms with Crippen LogP contribution in [0.2, 0.25) is 0 Å². The third-order valence-corrected chi connectivity index (χ3v) is 3.34. The maximum Gasteiger partial charge on any atom is 0.248 e. The number of nitrogens with zero attached hydrogens (tertiary/aromatic N) is 2.